The Morgan fingerprint density at radius 3 is 1.12 bits per heavy atom. The lowest BCUT2D eigenvalue weighted by atomic mass is 9.91. The standard InChI is InChI=1S/C52H67ClN6O12.C26H37N3O9.C25H31ClN4O4/c1-35-33-43(61)47-45(35)48(55-34-54-47)57-19-21-58(22-20-57)50(64)40(36-13-15-38(53)16-14-36)11-3-2-9-39(60)10-6-24-68-26-28-70-30-32-71-31-29-69-27-25-67-23-5-8-37-7-4-12-41-46(37)52(66)59(51(41)65)42-17-18-44(62)56-49(42)63;27-8-10-35-12-14-37-16-18-38-17-15-36-13-11-34-9-2-4-19-3-1-5-20-23(19)26(33)29(25(20)32)21-6-7-22(30)28-24(21)31;1-16-14-20(31)23-22(16)24(28-15-27-23)29-10-12-30(13-11-29)25(34)19(4-2-3-5-21(32)33)17-6-8-18(26)9-7-17/h4,7,12-16,34-35,40,42-43,61H,2-3,5-6,8-11,17-33H2,1H3,(H,56,62,63);1,3,5,21H,2,4,6-18,27H2,(H,28,30,31);6-9,15-16,19-20,31H,2-5,10-14H2,1H3,(H,32,33)/t35-,40-,42?,43-;;16-,19-,20-/m1.1/s1. The number of aliphatic carboxylic acids is 1. The molecule has 4 fully saturated rings. The number of hydrogen-bond donors (Lipinski definition) is 6. The van der Waals surface area contributed by atoms with Crippen LogP contribution in [0.4, 0.5) is 11.6 Å². The zero-order valence-electron chi connectivity index (χ0n) is 81.6. The third-order valence-electron chi connectivity index (χ3n) is 26.4. The molecular weight excluding hydrogens is 1890 g/mol. The van der Waals surface area contributed by atoms with Crippen molar-refractivity contribution in [3.63, 3.8) is 0 Å². The number of benzene rings is 4. The minimum Gasteiger partial charge on any atom is -0.481 e. The lowest BCUT2D eigenvalue weighted by Gasteiger charge is -2.38. The van der Waals surface area contributed by atoms with Gasteiger partial charge in [-0.15, -0.1) is 0 Å². The molecule has 8 atom stereocenters. The zero-order valence-corrected chi connectivity index (χ0v) is 83.1. The first-order chi connectivity index (χ1) is 69.4. The number of imide groups is 4. The van der Waals surface area contributed by atoms with Crippen LogP contribution in [0.5, 0.6) is 0 Å². The molecule has 143 heavy (non-hydrogen) atoms. The van der Waals surface area contributed by atoms with Crippen LogP contribution >= 0.6 is 23.2 Å². The number of Topliss-reactive ketones (excluding diaryl/α,β-unsaturated/α-hetero) is 1. The number of ether oxygens (including phenoxy) is 10. The highest BCUT2D eigenvalue weighted by molar-refractivity contribution is 6.31. The Kier molecular flexibility index (Phi) is 45.0. The largest absolute Gasteiger partial charge is 0.481 e. The molecule has 7 N–H and O–H groups in total. The number of nitrogens with two attached hydrogens (primary N) is 1. The highest BCUT2D eigenvalue weighted by atomic mass is 35.5. The molecule has 6 aliphatic heterocycles. The summed E-state index contributed by atoms with van der Waals surface area (Å²) in [6.45, 7) is 18.6. The fourth-order valence-electron chi connectivity index (χ4n) is 19.0. The summed E-state index contributed by atoms with van der Waals surface area (Å²) in [6.07, 6.45) is 11.5. The third-order valence-corrected chi connectivity index (χ3v) is 26.9. The molecule has 6 aromatic rings. The van der Waals surface area contributed by atoms with E-state index in [0.717, 1.165) is 61.4 Å². The van der Waals surface area contributed by atoms with Crippen molar-refractivity contribution in [2.24, 2.45) is 5.73 Å². The second-order valence-corrected chi connectivity index (χ2v) is 37.2. The topological polar surface area (TPSA) is 479 Å². The summed E-state index contributed by atoms with van der Waals surface area (Å²) in [7, 11) is 0. The van der Waals surface area contributed by atoms with E-state index in [2.05, 4.69) is 54.2 Å². The summed E-state index contributed by atoms with van der Waals surface area (Å²) in [5.41, 5.74) is 13.3. The Bertz CT molecular complexity index is 5240. The third kappa shape index (κ3) is 31.9. The van der Waals surface area contributed by atoms with Crippen LogP contribution in [-0.2, 0) is 98.6 Å². The fraction of sp³-hybridized carbons (Fsp3) is 0.573. The number of unbranched alkanes of at least 4 members (excludes halogenated alkanes) is 2. The van der Waals surface area contributed by atoms with Gasteiger partial charge in [0.05, 0.1) is 170 Å². The van der Waals surface area contributed by atoms with Crippen molar-refractivity contribution in [3.05, 3.63) is 175 Å². The van der Waals surface area contributed by atoms with Gasteiger partial charge in [0.15, 0.2) is 0 Å². The van der Waals surface area contributed by atoms with Crippen molar-refractivity contribution in [1.29, 1.82) is 0 Å². The number of halogens is 2. The van der Waals surface area contributed by atoms with Gasteiger partial charge in [0, 0.05) is 132 Å². The summed E-state index contributed by atoms with van der Waals surface area (Å²) in [6, 6.07) is 23.1. The quantitative estimate of drug-likeness (QED) is 0.0153. The first-order valence-corrected chi connectivity index (χ1v) is 50.7. The Balaban J connectivity index is 0.000000212. The summed E-state index contributed by atoms with van der Waals surface area (Å²) < 4.78 is 55.1. The van der Waals surface area contributed by atoms with Gasteiger partial charge in [0.1, 0.15) is 42.2 Å². The number of carboxylic acids is 1. The van der Waals surface area contributed by atoms with Gasteiger partial charge in [-0.3, -0.25) is 78.0 Å². The second-order valence-electron chi connectivity index (χ2n) is 36.4. The molecule has 38 nitrogen and oxygen atoms in total. The van der Waals surface area contributed by atoms with Crippen LogP contribution in [-0.4, -0.2) is 329 Å². The number of nitrogens with zero attached hydrogens (tertiary/aromatic N) is 10. The number of rotatable bonds is 56. The molecule has 10 amide bonds. The number of ketones is 1. The van der Waals surface area contributed by atoms with Gasteiger partial charge in [-0.2, -0.15) is 0 Å². The molecule has 40 heteroatoms. The number of carbonyl (C=O) groups excluding carboxylic acids is 11. The first-order valence-electron chi connectivity index (χ1n) is 49.9. The molecule has 8 aliphatic rings. The van der Waals surface area contributed by atoms with E-state index in [-0.39, 0.29) is 84.5 Å². The normalized spacial score (nSPS) is 19.1. The molecule has 0 spiro atoms. The number of hydrogen-bond acceptors (Lipinski definition) is 31. The number of aryl methyl sites for hydroxylation is 2. The molecule has 2 aliphatic carbocycles. The molecule has 2 aromatic heterocycles. The van der Waals surface area contributed by atoms with Gasteiger partial charge in [-0.05, 0) is 154 Å². The minimum atomic E-state index is -0.996. The number of aliphatic hydroxyl groups excluding tert-OH is 2. The van der Waals surface area contributed by atoms with Crippen molar-refractivity contribution in [3.8, 4) is 0 Å². The Morgan fingerprint density at radius 2 is 0.762 bits per heavy atom. The van der Waals surface area contributed by atoms with Crippen LogP contribution in [0, 0.1) is 0 Å². The van der Waals surface area contributed by atoms with Crippen LogP contribution in [0.15, 0.2) is 97.6 Å². The van der Waals surface area contributed by atoms with Gasteiger partial charge in [-0.25, -0.2) is 19.9 Å². The monoisotopic (exact) mass is 2020 g/mol. The maximum atomic E-state index is 14.0. The number of aromatic nitrogens is 4. The molecule has 2 unspecified atom stereocenters. The van der Waals surface area contributed by atoms with Crippen molar-refractivity contribution in [1.82, 2.24) is 50.2 Å². The predicted molar refractivity (Wildman–Crippen MR) is 525 cm³/mol. The van der Waals surface area contributed by atoms with Gasteiger partial charge >= 0.3 is 5.97 Å². The minimum absolute atomic E-state index is 0.0639. The molecular formula is C103H135Cl2N13O25. The second kappa shape index (κ2) is 57.9. The molecule has 14 rings (SSSR count). The molecule has 4 saturated heterocycles. The van der Waals surface area contributed by atoms with Gasteiger partial charge in [0.25, 0.3) is 23.6 Å². The predicted octanol–water partition coefficient (Wildman–Crippen LogP) is 8.94. The Hall–Kier alpha value is -10.7. The van der Waals surface area contributed by atoms with E-state index < -0.39 is 77.5 Å². The van der Waals surface area contributed by atoms with Crippen molar-refractivity contribution in [2.45, 2.75) is 190 Å². The number of aliphatic hydroxyl groups is 2. The highest BCUT2D eigenvalue weighted by Gasteiger charge is 2.48. The van der Waals surface area contributed by atoms with E-state index in [4.69, 9.17) is 81.4 Å². The summed E-state index contributed by atoms with van der Waals surface area (Å²) in [4.78, 5) is 179. The van der Waals surface area contributed by atoms with Crippen LogP contribution in [0.1, 0.15) is 252 Å². The van der Waals surface area contributed by atoms with E-state index in [1.54, 1.807) is 42.5 Å². The summed E-state index contributed by atoms with van der Waals surface area (Å²) in [5, 5.41) is 35.3. The van der Waals surface area contributed by atoms with Gasteiger partial charge in [0.2, 0.25) is 35.4 Å². The number of amides is 10. The summed E-state index contributed by atoms with van der Waals surface area (Å²) >= 11 is 12.2. The van der Waals surface area contributed by atoms with Crippen LogP contribution in [0.25, 0.3) is 0 Å². The number of carbonyl (C=O) groups is 12. The lowest BCUT2D eigenvalue weighted by Crippen LogP contribution is -2.54. The maximum absolute atomic E-state index is 14.0. The van der Waals surface area contributed by atoms with Crippen LogP contribution < -0.4 is 26.2 Å². The SMILES string of the molecule is C[C@@H]1C[C@@H](O)c2ncnc(N3CCN(C(=O)[C@H](CCCCC(=O)CCCOCCOCCOCCOCCOCCCc4cccc5c4C(=O)N(C4CCC(=O)NC4=O)C5=O)c4ccc(Cl)cc4)CC3)c21.C[C@@H]1C[C@@H](O)c2ncnc(N3CCN(C(=O)[C@H](CCCCC(=O)O)c4ccc(Cl)cc4)CC3)c21.NCCOCCOCCOCCOCCOCCCc1cccc2c1C(=O)N(C1CCC(=O)NC1=O)C2=O. The number of fused-ring (bicyclic) bond motifs is 4. The molecule has 4 aromatic carbocycles. The molecule has 0 bridgehead atoms. The average molecular weight is 2030 g/mol. The number of anilines is 2. The number of piperidine rings is 2. The van der Waals surface area contributed by atoms with Crippen molar-refractivity contribution in [2.75, 3.05) is 201 Å². The Labute approximate surface area is 843 Å². The van der Waals surface area contributed by atoms with E-state index in [9.17, 15) is 67.7 Å². The zero-order chi connectivity index (χ0) is 102. The molecule has 776 valence electrons. The van der Waals surface area contributed by atoms with Gasteiger partial charge < -0.3 is 88.0 Å². The van der Waals surface area contributed by atoms with E-state index in [0.29, 0.717) is 313 Å². The van der Waals surface area contributed by atoms with Crippen LogP contribution in [0.3, 0.4) is 0 Å². The highest BCUT2D eigenvalue weighted by Crippen LogP contribution is 2.45. The Morgan fingerprint density at radius 1 is 0.420 bits per heavy atom. The average Bonchev–Trinajstić information content (AvgIpc) is 1.60. The maximum Gasteiger partial charge on any atom is 0.303 e. The van der Waals surface area contributed by atoms with E-state index >= 15 is 0 Å². The van der Waals surface area contributed by atoms with E-state index in [1.807, 2.05) is 52.3 Å². The number of carboxylic acid groups (broad SMARTS) is 1. The molecule has 0 saturated carbocycles. The number of nitrogens with one attached hydrogen (secondary N) is 2. The van der Waals surface area contributed by atoms with Crippen molar-refractivity contribution >= 4 is 106 Å². The van der Waals surface area contributed by atoms with E-state index in [1.165, 1.54) is 12.7 Å². The number of piperazine rings is 2. The molecule has 0 radical (unpaired) electrons. The van der Waals surface area contributed by atoms with Crippen molar-refractivity contribution < 1.29 is 120 Å². The smallest absolute Gasteiger partial charge is 0.303 e. The summed E-state index contributed by atoms with van der Waals surface area (Å²) in [5.74, 6) is -3.12. The fourth-order valence-corrected chi connectivity index (χ4v) is 19.3. The first kappa shape index (κ1) is 111. The molecule has 8 heterocycles. The van der Waals surface area contributed by atoms with Gasteiger partial charge in [-0.1, -0.05) is 98.4 Å². The van der Waals surface area contributed by atoms with Crippen LogP contribution in [0.2, 0.25) is 10.0 Å². The lowest BCUT2D eigenvalue weighted by molar-refractivity contribution is -0.138.